The lowest BCUT2D eigenvalue weighted by Crippen LogP contribution is -2.45. The van der Waals surface area contributed by atoms with Gasteiger partial charge in [0.05, 0.1) is 6.04 Å². The molecule has 0 heterocycles. The van der Waals surface area contributed by atoms with E-state index in [1.54, 1.807) is 0 Å². The van der Waals surface area contributed by atoms with Gasteiger partial charge in [0.15, 0.2) is 0 Å². The molecule has 1 aromatic carbocycles. The number of amides is 1. The Morgan fingerprint density at radius 2 is 2.06 bits per heavy atom. The smallest absolute Gasteiger partial charge is 0.241 e. The van der Waals surface area contributed by atoms with Crippen molar-refractivity contribution in [3.8, 4) is 0 Å². The van der Waals surface area contributed by atoms with Crippen LogP contribution in [0.4, 0.5) is 5.69 Å². The number of aryl methyl sites for hydroxylation is 1. The van der Waals surface area contributed by atoms with E-state index in [2.05, 4.69) is 12.2 Å². The van der Waals surface area contributed by atoms with Crippen molar-refractivity contribution in [1.29, 1.82) is 0 Å². The molecule has 1 aromatic rings. The van der Waals surface area contributed by atoms with Crippen LogP contribution in [0.15, 0.2) is 24.3 Å². The standard InChI is InChI=1S/C14H22N2O/c1-5-10-7-6-8-11(9-10)16-13(17)12(15)14(2,3)4/h6-9,12H,5,15H2,1-4H3,(H,16,17)/t12-/m0/s1. The van der Waals surface area contributed by atoms with Crippen molar-refractivity contribution >= 4 is 11.6 Å². The Morgan fingerprint density at radius 3 is 2.59 bits per heavy atom. The van der Waals surface area contributed by atoms with E-state index in [1.165, 1.54) is 5.56 Å². The Kier molecular flexibility index (Phi) is 4.29. The van der Waals surface area contributed by atoms with E-state index in [4.69, 9.17) is 5.73 Å². The number of anilines is 1. The summed E-state index contributed by atoms with van der Waals surface area (Å²) in [6.07, 6.45) is 0.953. The van der Waals surface area contributed by atoms with Crippen LogP contribution in [-0.4, -0.2) is 11.9 Å². The third kappa shape index (κ3) is 3.86. The average molecular weight is 234 g/mol. The van der Waals surface area contributed by atoms with Gasteiger partial charge < -0.3 is 11.1 Å². The lowest BCUT2D eigenvalue weighted by Gasteiger charge is -2.25. The SMILES string of the molecule is CCc1cccc(NC(=O)[C@H](N)C(C)(C)C)c1. The maximum atomic E-state index is 11.9. The van der Waals surface area contributed by atoms with Crippen molar-refractivity contribution in [2.45, 2.75) is 40.2 Å². The highest BCUT2D eigenvalue weighted by atomic mass is 16.2. The number of carbonyl (C=O) groups is 1. The largest absolute Gasteiger partial charge is 0.325 e. The fourth-order valence-corrected chi connectivity index (χ4v) is 1.48. The van der Waals surface area contributed by atoms with Gasteiger partial charge in [-0.2, -0.15) is 0 Å². The highest BCUT2D eigenvalue weighted by molar-refractivity contribution is 5.95. The highest BCUT2D eigenvalue weighted by Crippen LogP contribution is 2.19. The summed E-state index contributed by atoms with van der Waals surface area (Å²) in [5.41, 5.74) is 7.69. The first kappa shape index (κ1) is 13.7. The van der Waals surface area contributed by atoms with Crippen LogP contribution in [-0.2, 0) is 11.2 Å². The first-order chi connectivity index (χ1) is 7.84. The maximum Gasteiger partial charge on any atom is 0.241 e. The topological polar surface area (TPSA) is 55.1 Å². The Labute approximate surface area is 103 Å². The molecule has 0 aromatic heterocycles. The molecule has 3 nitrogen and oxygen atoms in total. The van der Waals surface area contributed by atoms with Crippen LogP contribution in [0.5, 0.6) is 0 Å². The zero-order valence-electron chi connectivity index (χ0n) is 11.1. The van der Waals surface area contributed by atoms with Gasteiger partial charge in [0.1, 0.15) is 0 Å². The second-order valence-corrected chi connectivity index (χ2v) is 5.39. The molecular weight excluding hydrogens is 212 g/mol. The van der Waals surface area contributed by atoms with E-state index in [9.17, 15) is 4.79 Å². The van der Waals surface area contributed by atoms with Crippen molar-refractivity contribution in [3.05, 3.63) is 29.8 Å². The van der Waals surface area contributed by atoms with E-state index in [0.717, 1.165) is 12.1 Å². The minimum absolute atomic E-state index is 0.134. The first-order valence-corrected chi connectivity index (χ1v) is 6.00. The third-order valence-corrected chi connectivity index (χ3v) is 2.82. The molecule has 94 valence electrons. The molecule has 0 spiro atoms. The Bertz CT molecular complexity index is 393. The van der Waals surface area contributed by atoms with Crippen molar-refractivity contribution in [2.75, 3.05) is 5.32 Å². The minimum atomic E-state index is -0.507. The van der Waals surface area contributed by atoms with Crippen molar-refractivity contribution in [1.82, 2.24) is 0 Å². The molecule has 0 aliphatic heterocycles. The molecule has 17 heavy (non-hydrogen) atoms. The van der Waals surface area contributed by atoms with Crippen LogP contribution in [0, 0.1) is 5.41 Å². The third-order valence-electron chi connectivity index (χ3n) is 2.82. The van der Waals surface area contributed by atoms with Crippen molar-refractivity contribution in [3.63, 3.8) is 0 Å². The van der Waals surface area contributed by atoms with Crippen molar-refractivity contribution in [2.24, 2.45) is 11.1 Å². The zero-order valence-corrected chi connectivity index (χ0v) is 11.1. The fraction of sp³-hybridized carbons (Fsp3) is 0.500. The number of hydrogen-bond acceptors (Lipinski definition) is 2. The molecule has 1 atom stereocenters. The average Bonchev–Trinajstić information content (AvgIpc) is 2.27. The number of nitrogens with two attached hydrogens (primary N) is 1. The van der Waals surface area contributed by atoms with Gasteiger partial charge >= 0.3 is 0 Å². The molecule has 0 saturated heterocycles. The van der Waals surface area contributed by atoms with Gasteiger partial charge in [-0.3, -0.25) is 4.79 Å². The quantitative estimate of drug-likeness (QED) is 0.844. The second-order valence-electron chi connectivity index (χ2n) is 5.39. The van der Waals surface area contributed by atoms with E-state index >= 15 is 0 Å². The molecule has 3 heteroatoms. The van der Waals surface area contributed by atoms with E-state index in [0.29, 0.717) is 0 Å². The summed E-state index contributed by atoms with van der Waals surface area (Å²) < 4.78 is 0. The number of benzene rings is 1. The zero-order chi connectivity index (χ0) is 13.1. The van der Waals surface area contributed by atoms with Gasteiger partial charge in [-0.15, -0.1) is 0 Å². The summed E-state index contributed by atoms with van der Waals surface area (Å²) in [6.45, 7) is 7.96. The lowest BCUT2D eigenvalue weighted by molar-refractivity contribution is -0.119. The summed E-state index contributed by atoms with van der Waals surface area (Å²) in [7, 11) is 0. The number of rotatable bonds is 3. The number of nitrogens with one attached hydrogen (secondary N) is 1. The molecule has 0 radical (unpaired) electrons. The van der Waals surface area contributed by atoms with Gasteiger partial charge in [-0.05, 0) is 29.5 Å². The Morgan fingerprint density at radius 1 is 1.41 bits per heavy atom. The minimum Gasteiger partial charge on any atom is -0.325 e. The van der Waals surface area contributed by atoms with E-state index in [-0.39, 0.29) is 11.3 Å². The molecular formula is C14H22N2O. The first-order valence-electron chi connectivity index (χ1n) is 6.00. The molecule has 0 fully saturated rings. The Hall–Kier alpha value is -1.35. The molecule has 0 saturated carbocycles. The summed E-state index contributed by atoms with van der Waals surface area (Å²) in [6, 6.07) is 7.34. The maximum absolute atomic E-state index is 11.9. The summed E-state index contributed by atoms with van der Waals surface area (Å²) in [5, 5.41) is 2.86. The fourth-order valence-electron chi connectivity index (χ4n) is 1.48. The van der Waals surface area contributed by atoms with Crippen LogP contribution in [0.25, 0.3) is 0 Å². The van der Waals surface area contributed by atoms with E-state index in [1.807, 2.05) is 45.0 Å². The van der Waals surface area contributed by atoms with Gasteiger partial charge in [0.2, 0.25) is 5.91 Å². The van der Waals surface area contributed by atoms with Crippen LogP contribution in [0.2, 0.25) is 0 Å². The van der Waals surface area contributed by atoms with E-state index < -0.39 is 6.04 Å². The summed E-state index contributed by atoms with van der Waals surface area (Å²) in [5.74, 6) is -0.134. The molecule has 1 rings (SSSR count). The number of hydrogen-bond donors (Lipinski definition) is 2. The number of carbonyl (C=O) groups excluding carboxylic acids is 1. The van der Waals surface area contributed by atoms with Crippen molar-refractivity contribution < 1.29 is 4.79 Å². The monoisotopic (exact) mass is 234 g/mol. The molecule has 3 N–H and O–H groups in total. The molecule has 0 bridgehead atoms. The molecule has 1 amide bonds. The van der Waals surface area contributed by atoms with Crippen LogP contribution >= 0.6 is 0 Å². The Balaban J connectivity index is 2.74. The van der Waals surface area contributed by atoms with Crippen LogP contribution < -0.4 is 11.1 Å². The predicted octanol–water partition coefficient (Wildman–Crippen LogP) is 2.56. The summed E-state index contributed by atoms with van der Waals surface area (Å²) >= 11 is 0. The highest BCUT2D eigenvalue weighted by Gasteiger charge is 2.27. The normalized spacial score (nSPS) is 13.2. The van der Waals surface area contributed by atoms with Crippen LogP contribution in [0.3, 0.4) is 0 Å². The summed E-state index contributed by atoms with van der Waals surface area (Å²) in [4.78, 5) is 11.9. The lowest BCUT2D eigenvalue weighted by atomic mass is 9.87. The molecule has 0 unspecified atom stereocenters. The molecule has 0 aliphatic rings. The van der Waals surface area contributed by atoms with Gasteiger partial charge in [-0.1, -0.05) is 39.8 Å². The molecule has 0 aliphatic carbocycles. The predicted molar refractivity (Wildman–Crippen MR) is 71.9 cm³/mol. The van der Waals surface area contributed by atoms with Crippen LogP contribution in [0.1, 0.15) is 33.3 Å². The van der Waals surface area contributed by atoms with Gasteiger partial charge in [0, 0.05) is 5.69 Å². The second kappa shape index (κ2) is 5.32. The van der Waals surface area contributed by atoms with Gasteiger partial charge in [-0.25, -0.2) is 0 Å². The van der Waals surface area contributed by atoms with Gasteiger partial charge in [0.25, 0.3) is 0 Å².